The Morgan fingerprint density at radius 2 is 1.96 bits per heavy atom. The molecule has 0 unspecified atom stereocenters. The third-order valence-electron chi connectivity index (χ3n) is 4.09. The molecular weight excluding hydrogens is 394 g/mol. The summed E-state index contributed by atoms with van der Waals surface area (Å²) in [5.74, 6) is 1.28. The minimum absolute atomic E-state index is 0.166. The van der Waals surface area contributed by atoms with Crippen LogP contribution in [0.25, 0.3) is 17.0 Å². The monoisotopic (exact) mass is 409 g/mol. The van der Waals surface area contributed by atoms with Crippen molar-refractivity contribution in [1.29, 1.82) is 0 Å². The fraction of sp³-hybridized carbons (Fsp3) is 0.100. The topological polar surface area (TPSA) is 65.1 Å². The Morgan fingerprint density at radius 1 is 1.14 bits per heavy atom. The zero-order chi connectivity index (χ0) is 19.5. The second-order valence-corrected chi connectivity index (χ2v) is 7.40. The van der Waals surface area contributed by atoms with Crippen molar-refractivity contribution in [2.75, 3.05) is 0 Å². The minimum atomic E-state index is -0.166. The normalized spacial score (nSPS) is 11.0. The molecule has 0 saturated heterocycles. The van der Waals surface area contributed by atoms with Crippen LogP contribution in [0.15, 0.2) is 77.3 Å². The second-order valence-electron chi connectivity index (χ2n) is 6.02. The summed E-state index contributed by atoms with van der Waals surface area (Å²) in [6.07, 6.45) is 3.38. The van der Waals surface area contributed by atoms with Crippen LogP contribution in [0.3, 0.4) is 0 Å². The molecule has 0 radical (unpaired) electrons. The third kappa shape index (κ3) is 3.72. The third-order valence-corrected chi connectivity index (χ3v) is 5.31. The van der Waals surface area contributed by atoms with E-state index in [1.807, 2.05) is 41.0 Å². The number of nitrogens with zero attached hydrogens (tertiary/aromatic N) is 5. The summed E-state index contributed by atoms with van der Waals surface area (Å²) in [6, 6.07) is 14.8. The van der Waals surface area contributed by atoms with Crippen LogP contribution in [0, 0.1) is 0 Å². The van der Waals surface area contributed by atoms with E-state index in [0.29, 0.717) is 28.7 Å². The van der Waals surface area contributed by atoms with E-state index >= 15 is 0 Å². The van der Waals surface area contributed by atoms with Crippen LogP contribution in [0.2, 0.25) is 5.02 Å². The molecule has 3 heterocycles. The number of hydrogen-bond donors (Lipinski definition) is 0. The molecule has 6 nitrogen and oxygen atoms in total. The first-order valence-corrected chi connectivity index (χ1v) is 9.92. The van der Waals surface area contributed by atoms with Gasteiger partial charge in [-0.25, -0.2) is 4.98 Å². The molecule has 0 bridgehead atoms. The van der Waals surface area contributed by atoms with Gasteiger partial charge in [0.05, 0.1) is 10.7 Å². The Bertz CT molecular complexity index is 1200. The molecule has 0 aliphatic rings. The number of allylic oxidation sites excluding steroid dienone is 1. The molecule has 0 N–H and O–H groups in total. The predicted octanol–water partition coefficient (Wildman–Crippen LogP) is 4.08. The van der Waals surface area contributed by atoms with Gasteiger partial charge < -0.3 is 0 Å². The summed E-state index contributed by atoms with van der Waals surface area (Å²) >= 11 is 7.43. The lowest BCUT2D eigenvalue weighted by atomic mass is 10.2. The first kappa shape index (κ1) is 18.5. The number of hydrogen-bond acceptors (Lipinski definition) is 5. The second kappa shape index (κ2) is 8.00. The zero-order valence-electron chi connectivity index (χ0n) is 14.8. The van der Waals surface area contributed by atoms with Gasteiger partial charge in [0.25, 0.3) is 5.56 Å². The summed E-state index contributed by atoms with van der Waals surface area (Å²) < 4.78 is 3.44. The van der Waals surface area contributed by atoms with Crippen molar-refractivity contribution in [3.63, 3.8) is 0 Å². The van der Waals surface area contributed by atoms with E-state index in [-0.39, 0.29) is 5.56 Å². The molecule has 0 aliphatic heterocycles. The van der Waals surface area contributed by atoms with E-state index in [0.717, 1.165) is 16.5 Å². The Hall–Kier alpha value is -2.90. The van der Waals surface area contributed by atoms with Crippen LogP contribution in [0.4, 0.5) is 0 Å². The number of aromatic nitrogens is 5. The average Bonchev–Trinajstić information content (AvgIpc) is 3.10. The molecule has 8 heteroatoms. The number of rotatable bonds is 6. The highest BCUT2D eigenvalue weighted by Gasteiger charge is 2.14. The molecule has 4 rings (SSSR count). The smallest absolute Gasteiger partial charge is 0.258 e. The van der Waals surface area contributed by atoms with E-state index in [1.165, 1.54) is 22.2 Å². The number of thioether (sulfide) groups is 1. The molecule has 0 saturated carbocycles. The van der Waals surface area contributed by atoms with Gasteiger partial charge in [-0.3, -0.25) is 13.8 Å². The van der Waals surface area contributed by atoms with Gasteiger partial charge in [-0.15, -0.1) is 16.8 Å². The highest BCUT2D eigenvalue weighted by atomic mass is 35.5. The van der Waals surface area contributed by atoms with E-state index in [1.54, 1.807) is 18.3 Å². The van der Waals surface area contributed by atoms with Crippen molar-refractivity contribution < 1.29 is 0 Å². The quantitative estimate of drug-likeness (QED) is 0.354. The molecule has 0 fully saturated rings. The molecule has 0 atom stereocenters. The Balaban J connectivity index is 1.62. The summed E-state index contributed by atoms with van der Waals surface area (Å²) in [4.78, 5) is 16.9. The fourth-order valence-corrected chi connectivity index (χ4v) is 3.83. The van der Waals surface area contributed by atoms with Crippen LogP contribution in [-0.4, -0.2) is 24.1 Å². The molecule has 0 spiro atoms. The van der Waals surface area contributed by atoms with Crippen molar-refractivity contribution in [1.82, 2.24) is 24.1 Å². The van der Waals surface area contributed by atoms with Gasteiger partial charge in [0.2, 0.25) is 0 Å². The molecule has 1 aromatic carbocycles. The van der Waals surface area contributed by atoms with Gasteiger partial charge in [-0.1, -0.05) is 59.8 Å². The van der Waals surface area contributed by atoms with Crippen LogP contribution < -0.4 is 5.56 Å². The first-order chi connectivity index (χ1) is 13.7. The van der Waals surface area contributed by atoms with Crippen LogP contribution in [0.5, 0.6) is 0 Å². The van der Waals surface area contributed by atoms with E-state index in [4.69, 9.17) is 11.6 Å². The van der Waals surface area contributed by atoms with Gasteiger partial charge >= 0.3 is 0 Å². The van der Waals surface area contributed by atoms with Gasteiger partial charge in [0.1, 0.15) is 5.65 Å². The lowest BCUT2D eigenvalue weighted by Crippen LogP contribution is -2.15. The lowest BCUT2D eigenvalue weighted by Gasteiger charge is -2.08. The molecule has 3 aromatic heterocycles. The maximum atomic E-state index is 12.3. The maximum absolute atomic E-state index is 12.3. The van der Waals surface area contributed by atoms with Crippen molar-refractivity contribution in [2.45, 2.75) is 17.5 Å². The van der Waals surface area contributed by atoms with Crippen LogP contribution >= 0.6 is 23.4 Å². The van der Waals surface area contributed by atoms with Gasteiger partial charge in [0.15, 0.2) is 11.0 Å². The molecule has 4 aromatic rings. The Labute approximate surface area is 170 Å². The van der Waals surface area contributed by atoms with Gasteiger partial charge in [0, 0.05) is 30.1 Å². The first-order valence-electron chi connectivity index (χ1n) is 8.56. The SMILES string of the molecule is C=CCn1c(SCc2cc(=O)n3cc(Cl)ccc3n2)nnc1-c1ccccc1. The van der Waals surface area contributed by atoms with E-state index in [9.17, 15) is 4.79 Å². The average molecular weight is 410 g/mol. The molecule has 0 amide bonds. The predicted molar refractivity (Wildman–Crippen MR) is 112 cm³/mol. The lowest BCUT2D eigenvalue weighted by molar-refractivity contribution is 0.731. The van der Waals surface area contributed by atoms with Crippen molar-refractivity contribution >= 4 is 29.0 Å². The number of pyridine rings is 1. The van der Waals surface area contributed by atoms with Crippen molar-refractivity contribution in [2.24, 2.45) is 0 Å². The number of halogens is 1. The highest BCUT2D eigenvalue weighted by Crippen LogP contribution is 2.26. The number of benzene rings is 1. The molecule has 140 valence electrons. The summed E-state index contributed by atoms with van der Waals surface area (Å²) in [5, 5.41) is 9.90. The summed E-state index contributed by atoms with van der Waals surface area (Å²) in [6.45, 7) is 4.42. The molecular formula is C20H16ClN5OS. The minimum Gasteiger partial charge on any atom is -0.298 e. The van der Waals surface area contributed by atoms with Crippen LogP contribution in [0.1, 0.15) is 5.69 Å². The van der Waals surface area contributed by atoms with Gasteiger partial charge in [-0.2, -0.15) is 0 Å². The zero-order valence-corrected chi connectivity index (χ0v) is 16.4. The molecule has 0 aliphatic carbocycles. The standard InChI is InChI=1S/C20H16ClN5OS/c1-2-10-25-19(14-6-4-3-5-7-14)23-24-20(25)28-13-16-11-18(27)26-12-15(21)8-9-17(26)22-16/h2-9,11-12H,1,10,13H2. The summed E-state index contributed by atoms with van der Waals surface area (Å²) in [5.41, 5.74) is 2.06. The van der Waals surface area contributed by atoms with Crippen LogP contribution in [-0.2, 0) is 12.3 Å². The molecule has 28 heavy (non-hydrogen) atoms. The maximum Gasteiger partial charge on any atom is 0.258 e. The summed E-state index contributed by atoms with van der Waals surface area (Å²) in [7, 11) is 0. The van der Waals surface area contributed by atoms with E-state index < -0.39 is 0 Å². The Kier molecular flexibility index (Phi) is 5.27. The Morgan fingerprint density at radius 3 is 2.75 bits per heavy atom. The van der Waals surface area contributed by atoms with Gasteiger partial charge in [-0.05, 0) is 12.1 Å². The fourth-order valence-electron chi connectivity index (χ4n) is 2.83. The largest absolute Gasteiger partial charge is 0.298 e. The van der Waals surface area contributed by atoms with Crippen molar-refractivity contribution in [3.8, 4) is 11.4 Å². The van der Waals surface area contributed by atoms with Crippen molar-refractivity contribution in [3.05, 3.63) is 88.5 Å². The van der Waals surface area contributed by atoms with E-state index in [2.05, 4.69) is 21.8 Å². The highest BCUT2D eigenvalue weighted by molar-refractivity contribution is 7.98. The number of fused-ring (bicyclic) bond motifs is 1.